The third-order valence-electron chi connectivity index (χ3n) is 8.84. The molecule has 0 unspecified atom stereocenters. The molecule has 1 amide bonds. The van der Waals surface area contributed by atoms with E-state index in [9.17, 15) is 19.2 Å². The highest BCUT2D eigenvalue weighted by atomic mass is 16.5. The minimum Gasteiger partial charge on any atom is -0.462 e. The Labute approximate surface area is 299 Å². The summed E-state index contributed by atoms with van der Waals surface area (Å²) in [7, 11) is 0. The van der Waals surface area contributed by atoms with Crippen LogP contribution in [0.25, 0.3) is 12.2 Å². The molecule has 1 aliphatic rings. The standard InChI is InChI=1S/C43H57NO6/c1-4-7-8-9-10-11-12-13-14-15-16-17-18-19-20-21-40(45)44-32-38(30-34-22-26-36(27-23-34)42(47)49-5-2)41(46)39(33-44)31-35-24-28-37(29-25-35)43(48)50-6-3/h13-14,22-31H,4-12,15-21,32-33H2,1-3H3/b14-13-,38-30+,39-31+. The molecule has 2 aromatic rings. The van der Waals surface area contributed by atoms with E-state index in [-0.39, 0.29) is 24.8 Å². The normalized spacial score (nSPS) is 14.9. The van der Waals surface area contributed by atoms with E-state index in [4.69, 9.17) is 9.47 Å². The van der Waals surface area contributed by atoms with Crippen molar-refractivity contribution in [3.05, 3.63) is 94.1 Å². The number of amides is 1. The van der Waals surface area contributed by atoms with Crippen molar-refractivity contribution in [1.82, 2.24) is 4.90 Å². The van der Waals surface area contributed by atoms with Crippen molar-refractivity contribution in [1.29, 1.82) is 0 Å². The third-order valence-corrected chi connectivity index (χ3v) is 8.84. The second kappa shape index (κ2) is 23.2. The van der Waals surface area contributed by atoms with Gasteiger partial charge in [0.15, 0.2) is 5.78 Å². The summed E-state index contributed by atoms with van der Waals surface area (Å²) in [6, 6.07) is 13.8. The average Bonchev–Trinajstić information content (AvgIpc) is 3.12. The van der Waals surface area contributed by atoms with Gasteiger partial charge in [0.25, 0.3) is 0 Å². The number of Topliss-reactive ketones (excluding diaryl/α,β-unsaturated/α-hetero) is 1. The lowest BCUT2D eigenvalue weighted by atomic mass is 9.93. The van der Waals surface area contributed by atoms with Crippen LogP contribution in [0.3, 0.4) is 0 Å². The molecule has 270 valence electrons. The largest absolute Gasteiger partial charge is 0.462 e. The van der Waals surface area contributed by atoms with Crippen molar-refractivity contribution >= 4 is 35.8 Å². The van der Waals surface area contributed by atoms with Crippen molar-refractivity contribution in [2.45, 2.75) is 111 Å². The van der Waals surface area contributed by atoms with Gasteiger partial charge in [0.1, 0.15) is 0 Å². The van der Waals surface area contributed by atoms with Gasteiger partial charge in [-0.1, -0.05) is 94.7 Å². The Balaban J connectivity index is 1.58. The summed E-state index contributed by atoms with van der Waals surface area (Å²) in [5.74, 6) is -0.889. The molecule has 1 aliphatic heterocycles. The zero-order valence-electron chi connectivity index (χ0n) is 30.6. The molecule has 0 N–H and O–H groups in total. The first-order chi connectivity index (χ1) is 24.4. The first-order valence-electron chi connectivity index (χ1n) is 18.8. The summed E-state index contributed by atoms with van der Waals surface area (Å²) >= 11 is 0. The highest BCUT2D eigenvalue weighted by molar-refractivity contribution is 6.15. The molecule has 50 heavy (non-hydrogen) atoms. The number of benzene rings is 2. The van der Waals surface area contributed by atoms with Crippen LogP contribution in [0.1, 0.15) is 143 Å². The molecule has 0 saturated carbocycles. The molecular weight excluding hydrogens is 626 g/mol. The van der Waals surface area contributed by atoms with Crippen LogP contribution in [-0.4, -0.2) is 54.8 Å². The predicted octanol–water partition coefficient (Wildman–Crippen LogP) is 9.96. The quantitative estimate of drug-likeness (QED) is 0.0563. The van der Waals surface area contributed by atoms with Crippen molar-refractivity contribution in [2.75, 3.05) is 26.3 Å². The molecule has 0 bridgehead atoms. The predicted molar refractivity (Wildman–Crippen MR) is 202 cm³/mol. The van der Waals surface area contributed by atoms with Crippen LogP contribution in [0.5, 0.6) is 0 Å². The number of unbranched alkanes of at least 4 members (excludes halogenated alkanes) is 11. The average molecular weight is 684 g/mol. The number of hydrogen-bond acceptors (Lipinski definition) is 6. The van der Waals surface area contributed by atoms with Gasteiger partial charge < -0.3 is 14.4 Å². The molecule has 7 heteroatoms. The maximum Gasteiger partial charge on any atom is 0.338 e. The van der Waals surface area contributed by atoms with E-state index in [0.717, 1.165) is 43.2 Å². The van der Waals surface area contributed by atoms with Crippen LogP contribution in [0.2, 0.25) is 0 Å². The van der Waals surface area contributed by atoms with Crippen molar-refractivity contribution in [3.8, 4) is 0 Å². The lowest BCUT2D eigenvalue weighted by Gasteiger charge is -2.30. The molecule has 0 radical (unpaired) electrons. The number of ketones is 1. The van der Waals surface area contributed by atoms with E-state index in [0.29, 0.717) is 41.9 Å². The van der Waals surface area contributed by atoms with Crippen LogP contribution in [-0.2, 0) is 19.1 Å². The Morgan fingerprint density at radius 2 is 1.02 bits per heavy atom. The molecule has 2 aromatic carbocycles. The van der Waals surface area contributed by atoms with Crippen molar-refractivity contribution in [2.24, 2.45) is 0 Å². The SMILES string of the molecule is CCCCCCCC/C=C\CCCCCCCC(=O)N1C/C(=C\c2ccc(C(=O)OCC)cc2)C(=O)/C(=C/c2ccc(C(=O)OCC)cc2)C1. The molecule has 0 atom stereocenters. The third kappa shape index (κ3) is 14.3. The van der Waals surface area contributed by atoms with Crippen molar-refractivity contribution in [3.63, 3.8) is 0 Å². The topological polar surface area (TPSA) is 90.0 Å². The monoisotopic (exact) mass is 683 g/mol. The summed E-state index contributed by atoms with van der Waals surface area (Å²) in [4.78, 5) is 53.1. The highest BCUT2D eigenvalue weighted by Crippen LogP contribution is 2.24. The summed E-state index contributed by atoms with van der Waals surface area (Å²) in [5.41, 5.74) is 3.40. The van der Waals surface area contributed by atoms with E-state index >= 15 is 0 Å². The van der Waals surface area contributed by atoms with Gasteiger partial charge in [-0.05, 0) is 93.5 Å². The number of likely N-dealkylation sites (tertiary alicyclic amines) is 1. The van der Waals surface area contributed by atoms with E-state index in [2.05, 4.69) is 19.1 Å². The van der Waals surface area contributed by atoms with Gasteiger partial charge in [-0.15, -0.1) is 0 Å². The second-order valence-corrected chi connectivity index (χ2v) is 12.9. The number of esters is 2. The van der Waals surface area contributed by atoms with Crippen LogP contribution in [0.15, 0.2) is 71.8 Å². The van der Waals surface area contributed by atoms with E-state index in [1.807, 2.05) is 0 Å². The maximum atomic E-state index is 13.7. The number of piperidine rings is 1. The first-order valence-corrected chi connectivity index (χ1v) is 18.8. The molecule has 0 spiro atoms. The minimum absolute atomic E-state index is 0.0299. The molecule has 1 heterocycles. The van der Waals surface area contributed by atoms with E-state index in [1.54, 1.807) is 79.4 Å². The number of carbonyl (C=O) groups is 4. The number of rotatable bonds is 21. The Hall–Kier alpha value is -4.26. The molecule has 0 aliphatic carbocycles. The lowest BCUT2D eigenvalue weighted by Crippen LogP contribution is -2.41. The molecular formula is C43H57NO6. The molecule has 0 aromatic heterocycles. The molecule has 7 nitrogen and oxygen atoms in total. The Bertz CT molecular complexity index is 1370. The Kier molecular flexibility index (Phi) is 18.6. The Morgan fingerprint density at radius 1 is 0.600 bits per heavy atom. The second-order valence-electron chi connectivity index (χ2n) is 12.9. The van der Waals surface area contributed by atoms with Gasteiger partial charge in [0.2, 0.25) is 5.91 Å². The zero-order chi connectivity index (χ0) is 36.0. The summed E-state index contributed by atoms with van der Waals surface area (Å²) in [6.07, 6.45) is 24.3. The zero-order valence-corrected chi connectivity index (χ0v) is 30.6. The van der Waals surface area contributed by atoms with Crippen LogP contribution in [0.4, 0.5) is 0 Å². The fraction of sp³-hybridized carbons (Fsp3) is 0.488. The van der Waals surface area contributed by atoms with Crippen LogP contribution in [0, 0.1) is 0 Å². The van der Waals surface area contributed by atoms with E-state index < -0.39 is 11.9 Å². The number of hydrogen-bond donors (Lipinski definition) is 0. The van der Waals surface area contributed by atoms with Gasteiger partial charge in [-0.2, -0.15) is 0 Å². The molecule has 1 fully saturated rings. The van der Waals surface area contributed by atoms with Crippen LogP contribution < -0.4 is 0 Å². The number of allylic oxidation sites excluding steroid dienone is 2. The molecule has 3 rings (SSSR count). The fourth-order valence-corrected chi connectivity index (χ4v) is 5.98. The van der Waals surface area contributed by atoms with Gasteiger partial charge in [-0.3, -0.25) is 9.59 Å². The minimum atomic E-state index is -0.396. The van der Waals surface area contributed by atoms with Gasteiger partial charge in [0.05, 0.1) is 24.3 Å². The number of ether oxygens (including phenoxy) is 2. The smallest absolute Gasteiger partial charge is 0.338 e. The van der Waals surface area contributed by atoms with Crippen LogP contribution >= 0.6 is 0 Å². The van der Waals surface area contributed by atoms with Gasteiger partial charge >= 0.3 is 11.9 Å². The van der Waals surface area contributed by atoms with Gasteiger partial charge in [0, 0.05) is 30.7 Å². The summed E-state index contributed by atoms with van der Waals surface area (Å²) in [6.45, 7) is 6.80. The fourth-order valence-electron chi connectivity index (χ4n) is 5.98. The number of nitrogens with zero attached hydrogens (tertiary/aromatic N) is 1. The summed E-state index contributed by atoms with van der Waals surface area (Å²) < 4.78 is 10.2. The molecule has 1 saturated heterocycles. The first kappa shape index (κ1) is 40.2. The Morgan fingerprint density at radius 3 is 1.46 bits per heavy atom. The highest BCUT2D eigenvalue weighted by Gasteiger charge is 2.29. The lowest BCUT2D eigenvalue weighted by molar-refractivity contribution is -0.131. The maximum absolute atomic E-state index is 13.7. The summed E-state index contributed by atoms with van der Waals surface area (Å²) in [5, 5.41) is 0. The van der Waals surface area contributed by atoms with Gasteiger partial charge in [-0.25, -0.2) is 9.59 Å². The number of carbonyl (C=O) groups excluding carboxylic acids is 4. The van der Waals surface area contributed by atoms with E-state index in [1.165, 1.54) is 51.4 Å². The van der Waals surface area contributed by atoms with Crippen molar-refractivity contribution < 1.29 is 28.7 Å².